The molecule has 1 aliphatic rings. The molecule has 3 heteroatoms. The lowest BCUT2D eigenvalue weighted by atomic mass is 9.96. The first-order valence-corrected chi connectivity index (χ1v) is 5.18. The number of halogens is 2. The van der Waals surface area contributed by atoms with Gasteiger partial charge in [0.15, 0.2) is 0 Å². The Labute approximate surface area is 88.1 Å². The van der Waals surface area contributed by atoms with Crippen LogP contribution in [-0.4, -0.2) is 6.54 Å². The molecule has 76 valence electrons. The Balaban J connectivity index is 2.24. The molecule has 1 aromatic rings. The summed E-state index contributed by atoms with van der Waals surface area (Å²) in [6.45, 7) is 0.623. The van der Waals surface area contributed by atoms with Gasteiger partial charge in [-0.05, 0) is 43.4 Å². The standard InChI is InChI=1S/C11H13ClFN/c12-9-2-1-3-10(13)8(9)6-11(7-14)4-5-11/h1-3H,4-7,14H2. The van der Waals surface area contributed by atoms with Crippen LogP contribution in [-0.2, 0) is 6.42 Å². The molecule has 1 saturated carbocycles. The molecular weight excluding hydrogens is 201 g/mol. The average molecular weight is 214 g/mol. The van der Waals surface area contributed by atoms with Gasteiger partial charge in [-0.15, -0.1) is 0 Å². The molecule has 0 aliphatic heterocycles. The van der Waals surface area contributed by atoms with Crippen LogP contribution < -0.4 is 5.73 Å². The minimum Gasteiger partial charge on any atom is -0.330 e. The summed E-state index contributed by atoms with van der Waals surface area (Å²) >= 11 is 5.94. The Bertz CT molecular complexity index is 327. The summed E-state index contributed by atoms with van der Waals surface area (Å²) in [5.41, 5.74) is 6.40. The first-order valence-electron chi connectivity index (χ1n) is 4.80. The van der Waals surface area contributed by atoms with Crippen LogP contribution in [0.2, 0.25) is 5.02 Å². The van der Waals surface area contributed by atoms with Crippen LogP contribution in [0.1, 0.15) is 18.4 Å². The van der Waals surface area contributed by atoms with Crippen LogP contribution in [0.5, 0.6) is 0 Å². The molecule has 0 amide bonds. The quantitative estimate of drug-likeness (QED) is 0.821. The molecule has 0 spiro atoms. The zero-order valence-corrected chi connectivity index (χ0v) is 8.65. The maximum Gasteiger partial charge on any atom is 0.127 e. The molecule has 0 atom stereocenters. The Hall–Kier alpha value is -0.600. The summed E-state index contributed by atoms with van der Waals surface area (Å²) in [6.07, 6.45) is 2.86. The molecule has 0 bridgehead atoms. The largest absolute Gasteiger partial charge is 0.330 e. The predicted octanol–water partition coefficient (Wildman–Crippen LogP) is 2.76. The van der Waals surface area contributed by atoms with Crippen LogP contribution in [0, 0.1) is 11.2 Å². The fourth-order valence-electron chi connectivity index (χ4n) is 1.71. The lowest BCUT2D eigenvalue weighted by Crippen LogP contribution is -2.18. The van der Waals surface area contributed by atoms with Crippen LogP contribution in [0.4, 0.5) is 4.39 Å². The second-order valence-corrected chi connectivity index (χ2v) is 4.49. The van der Waals surface area contributed by atoms with Crippen molar-refractivity contribution in [3.63, 3.8) is 0 Å². The molecule has 1 nitrogen and oxygen atoms in total. The summed E-state index contributed by atoms with van der Waals surface area (Å²) < 4.78 is 13.4. The summed E-state index contributed by atoms with van der Waals surface area (Å²) in [4.78, 5) is 0. The van der Waals surface area contributed by atoms with E-state index in [-0.39, 0.29) is 11.2 Å². The Kier molecular flexibility index (Phi) is 2.50. The molecule has 1 aromatic carbocycles. The third kappa shape index (κ3) is 1.77. The van der Waals surface area contributed by atoms with Crippen molar-refractivity contribution >= 4 is 11.6 Å². The SMILES string of the molecule is NCC1(Cc2c(F)cccc2Cl)CC1. The zero-order chi connectivity index (χ0) is 10.2. The van der Waals surface area contributed by atoms with E-state index in [9.17, 15) is 4.39 Å². The molecule has 0 heterocycles. The van der Waals surface area contributed by atoms with Gasteiger partial charge in [0.25, 0.3) is 0 Å². The van der Waals surface area contributed by atoms with Gasteiger partial charge >= 0.3 is 0 Å². The van der Waals surface area contributed by atoms with E-state index in [1.165, 1.54) is 6.07 Å². The highest BCUT2D eigenvalue weighted by Gasteiger charge is 2.41. The van der Waals surface area contributed by atoms with Crippen LogP contribution in [0.3, 0.4) is 0 Å². The Morgan fingerprint density at radius 3 is 2.64 bits per heavy atom. The van der Waals surface area contributed by atoms with Crippen molar-refractivity contribution in [1.82, 2.24) is 0 Å². The van der Waals surface area contributed by atoms with Gasteiger partial charge in [-0.1, -0.05) is 17.7 Å². The number of hydrogen-bond acceptors (Lipinski definition) is 1. The highest BCUT2D eigenvalue weighted by molar-refractivity contribution is 6.31. The fraction of sp³-hybridized carbons (Fsp3) is 0.455. The van der Waals surface area contributed by atoms with Crippen molar-refractivity contribution in [2.24, 2.45) is 11.1 Å². The Morgan fingerprint density at radius 1 is 1.43 bits per heavy atom. The van der Waals surface area contributed by atoms with Gasteiger partial charge in [-0.25, -0.2) is 4.39 Å². The summed E-state index contributed by atoms with van der Waals surface area (Å²) in [6, 6.07) is 4.81. The van der Waals surface area contributed by atoms with Crippen molar-refractivity contribution in [2.45, 2.75) is 19.3 Å². The van der Waals surface area contributed by atoms with E-state index >= 15 is 0 Å². The van der Waals surface area contributed by atoms with E-state index in [0.29, 0.717) is 23.6 Å². The minimum atomic E-state index is -0.211. The van der Waals surface area contributed by atoms with Gasteiger partial charge in [0.05, 0.1) is 0 Å². The van der Waals surface area contributed by atoms with Crippen molar-refractivity contribution in [3.05, 3.63) is 34.6 Å². The molecule has 1 fully saturated rings. The van der Waals surface area contributed by atoms with Crippen LogP contribution in [0.15, 0.2) is 18.2 Å². The highest BCUT2D eigenvalue weighted by atomic mass is 35.5. The lowest BCUT2D eigenvalue weighted by molar-refractivity contribution is 0.500. The normalized spacial score (nSPS) is 18.2. The van der Waals surface area contributed by atoms with E-state index < -0.39 is 0 Å². The fourth-order valence-corrected chi connectivity index (χ4v) is 1.94. The molecule has 0 aromatic heterocycles. The van der Waals surface area contributed by atoms with Gasteiger partial charge in [-0.3, -0.25) is 0 Å². The summed E-state index contributed by atoms with van der Waals surface area (Å²) in [5, 5.41) is 0.518. The van der Waals surface area contributed by atoms with Crippen LogP contribution >= 0.6 is 11.6 Å². The molecule has 0 unspecified atom stereocenters. The van der Waals surface area contributed by atoms with E-state index in [2.05, 4.69) is 0 Å². The third-order valence-electron chi connectivity index (χ3n) is 3.00. The molecule has 0 radical (unpaired) electrons. The zero-order valence-electron chi connectivity index (χ0n) is 7.89. The molecule has 14 heavy (non-hydrogen) atoms. The molecule has 2 rings (SSSR count). The minimum absolute atomic E-state index is 0.131. The van der Waals surface area contributed by atoms with Gasteiger partial charge in [-0.2, -0.15) is 0 Å². The maximum absolute atomic E-state index is 13.4. The summed E-state index contributed by atoms with van der Waals surface area (Å²) in [7, 11) is 0. The van der Waals surface area contributed by atoms with Crippen molar-refractivity contribution in [2.75, 3.05) is 6.54 Å². The number of hydrogen-bond donors (Lipinski definition) is 1. The van der Waals surface area contributed by atoms with E-state index in [0.717, 1.165) is 12.8 Å². The molecule has 1 aliphatic carbocycles. The van der Waals surface area contributed by atoms with Gasteiger partial charge < -0.3 is 5.73 Å². The average Bonchev–Trinajstić information content (AvgIpc) is 2.93. The van der Waals surface area contributed by atoms with Gasteiger partial charge in [0.2, 0.25) is 0 Å². The lowest BCUT2D eigenvalue weighted by Gasteiger charge is -2.13. The first-order chi connectivity index (χ1) is 6.67. The Morgan fingerprint density at radius 2 is 2.14 bits per heavy atom. The second-order valence-electron chi connectivity index (χ2n) is 4.08. The first kappa shape index (κ1) is 9.94. The monoisotopic (exact) mass is 213 g/mol. The molecule has 2 N–H and O–H groups in total. The number of rotatable bonds is 3. The van der Waals surface area contributed by atoms with Crippen molar-refractivity contribution in [1.29, 1.82) is 0 Å². The van der Waals surface area contributed by atoms with Crippen molar-refractivity contribution in [3.8, 4) is 0 Å². The topological polar surface area (TPSA) is 26.0 Å². The highest BCUT2D eigenvalue weighted by Crippen LogP contribution is 2.48. The summed E-state index contributed by atoms with van der Waals surface area (Å²) in [5.74, 6) is -0.211. The molecular formula is C11H13ClFN. The number of nitrogens with two attached hydrogens (primary N) is 1. The second kappa shape index (κ2) is 3.52. The van der Waals surface area contributed by atoms with E-state index in [4.69, 9.17) is 17.3 Å². The maximum atomic E-state index is 13.4. The third-order valence-corrected chi connectivity index (χ3v) is 3.36. The smallest absolute Gasteiger partial charge is 0.127 e. The molecule has 0 saturated heterocycles. The van der Waals surface area contributed by atoms with Gasteiger partial charge in [0, 0.05) is 10.6 Å². The number of benzene rings is 1. The van der Waals surface area contributed by atoms with Gasteiger partial charge in [0.1, 0.15) is 5.82 Å². The van der Waals surface area contributed by atoms with Crippen LogP contribution in [0.25, 0.3) is 0 Å². The predicted molar refractivity (Wildman–Crippen MR) is 55.8 cm³/mol. The van der Waals surface area contributed by atoms with E-state index in [1.54, 1.807) is 12.1 Å². The van der Waals surface area contributed by atoms with E-state index in [1.807, 2.05) is 0 Å². The van der Waals surface area contributed by atoms with Crippen molar-refractivity contribution < 1.29 is 4.39 Å².